The van der Waals surface area contributed by atoms with Crippen molar-refractivity contribution in [2.24, 2.45) is 5.92 Å². The molecule has 0 N–H and O–H groups in total. The Morgan fingerprint density at radius 2 is 1.89 bits per heavy atom. The summed E-state index contributed by atoms with van der Waals surface area (Å²) in [5.41, 5.74) is 2.47. The van der Waals surface area contributed by atoms with Crippen LogP contribution in [-0.2, 0) is 19.5 Å². The topological polar surface area (TPSA) is 21.1 Å². The molecule has 1 rings (SSSR count). The fourth-order valence-electron chi connectivity index (χ4n) is 2.42. The summed E-state index contributed by atoms with van der Waals surface area (Å²) in [5, 5.41) is 4.66. The first-order chi connectivity index (χ1) is 8.90. The minimum Gasteiger partial charge on any atom is -0.298 e. The number of halogens is 1. The van der Waals surface area contributed by atoms with Gasteiger partial charge in [0, 0.05) is 19.1 Å². The summed E-state index contributed by atoms with van der Waals surface area (Å²) in [6.07, 6.45) is 2.21. The molecule has 0 radical (unpaired) electrons. The average Bonchev–Trinajstić information content (AvgIpc) is 2.65. The van der Waals surface area contributed by atoms with Crippen LogP contribution in [0.25, 0.3) is 0 Å². The van der Waals surface area contributed by atoms with E-state index in [-0.39, 0.29) is 0 Å². The first kappa shape index (κ1) is 16.7. The van der Waals surface area contributed by atoms with Gasteiger partial charge in [-0.25, -0.2) is 0 Å². The van der Waals surface area contributed by atoms with Gasteiger partial charge in [-0.1, -0.05) is 20.8 Å². The highest BCUT2D eigenvalue weighted by Gasteiger charge is 2.18. The Balaban J connectivity index is 2.83. The van der Waals surface area contributed by atoms with Crippen LogP contribution in [0.2, 0.25) is 0 Å². The molecule has 1 unspecified atom stereocenters. The molecule has 0 saturated carbocycles. The van der Waals surface area contributed by atoms with Crippen LogP contribution in [0, 0.1) is 5.92 Å². The highest BCUT2D eigenvalue weighted by molar-refractivity contribution is 9.10. The summed E-state index contributed by atoms with van der Waals surface area (Å²) in [6.45, 7) is 13.1. The fraction of sp³-hybridized carbons (Fsp3) is 0.800. The lowest BCUT2D eigenvalue weighted by Crippen LogP contribution is -2.30. The van der Waals surface area contributed by atoms with Gasteiger partial charge in [0.2, 0.25) is 0 Å². The van der Waals surface area contributed by atoms with E-state index in [2.05, 4.69) is 72.3 Å². The summed E-state index contributed by atoms with van der Waals surface area (Å²) < 4.78 is 3.32. The van der Waals surface area contributed by atoms with E-state index in [9.17, 15) is 0 Å². The average molecular weight is 330 g/mol. The Bertz CT molecular complexity index is 398. The molecule has 1 aromatic rings. The number of rotatable bonds is 7. The zero-order valence-corrected chi connectivity index (χ0v) is 14.8. The molecule has 0 aliphatic rings. The van der Waals surface area contributed by atoms with Crippen LogP contribution in [0.5, 0.6) is 0 Å². The second-order valence-corrected chi connectivity index (χ2v) is 6.56. The van der Waals surface area contributed by atoms with Gasteiger partial charge in [0.1, 0.15) is 0 Å². The lowest BCUT2D eigenvalue weighted by molar-refractivity contribution is 0.214. The second kappa shape index (κ2) is 7.44. The van der Waals surface area contributed by atoms with Crippen molar-refractivity contribution in [2.75, 3.05) is 7.05 Å². The smallest absolute Gasteiger partial charge is 0.0767 e. The van der Waals surface area contributed by atoms with Crippen LogP contribution in [-0.4, -0.2) is 27.8 Å². The largest absolute Gasteiger partial charge is 0.298 e. The Morgan fingerprint density at radius 1 is 1.26 bits per heavy atom. The quantitative estimate of drug-likeness (QED) is 0.751. The maximum atomic E-state index is 4.66. The van der Waals surface area contributed by atoms with E-state index in [0.717, 1.165) is 25.4 Å². The second-order valence-electron chi connectivity index (χ2n) is 5.77. The first-order valence-corrected chi connectivity index (χ1v) is 8.14. The molecule has 19 heavy (non-hydrogen) atoms. The van der Waals surface area contributed by atoms with Gasteiger partial charge >= 0.3 is 0 Å². The van der Waals surface area contributed by atoms with E-state index in [0.29, 0.717) is 6.04 Å². The van der Waals surface area contributed by atoms with Crippen molar-refractivity contribution < 1.29 is 0 Å². The molecule has 1 aromatic heterocycles. The van der Waals surface area contributed by atoms with Crippen molar-refractivity contribution in [1.82, 2.24) is 14.7 Å². The minimum atomic E-state index is 0.595. The summed E-state index contributed by atoms with van der Waals surface area (Å²) in [7, 11) is 2.21. The molecule has 0 amide bonds. The predicted octanol–water partition coefficient (Wildman–Crippen LogP) is 4.09. The van der Waals surface area contributed by atoms with Gasteiger partial charge < -0.3 is 0 Å². The van der Waals surface area contributed by atoms with Gasteiger partial charge in [-0.05, 0) is 55.6 Å². The molecule has 1 heterocycles. The maximum Gasteiger partial charge on any atom is 0.0767 e. The van der Waals surface area contributed by atoms with Crippen molar-refractivity contribution in [1.29, 1.82) is 0 Å². The number of aryl methyl sites for hydroxylation is 2. The highest BCUT2D eigenvalue weighted by Crippen LogP contribution is 2.24. The predicted molar refractivity (Wildman–Crippen MR) is 85.4 cm³/mol. The molecule has 0 aliphatic carbocycles. The van der Waals surface area contributed by atoms with Gasteiger partial charge in [-0.15, -0.1) is 0 Å². The molecular weight excluding hydrogens is 302 g/mol. The number of nitrogens with zero attached hydrogens (tertiary/aromatic N) is 3. The Hall–Kier alpha value is -0.350. The zero-order chi connectivity index (χ0) is 14.6. The van der Waals surface area contributed by atoms with E-state index in [1.54, 1.807) is 0 Å². The van der Waals surface area contributed by atoms with Gasteiger partial charge in [0.15, 0.2) is 0 Å². The summed E-state index contributed by atoms with van der Waals surface area (Å²) >= 11 is 3.72. The van der Waals surface area contributed by atoms with Crippen molar-refractivity contribution in [2.45, 2.75) is 66.6 Å². The van der Waals surface area contributed by atoms with Crippen molar-refractivity contribution >= 4 is 15.9 Å². The van der Waals surface area contributed by atoms with Crippen molar-refractivity contribution in [3.05, 3.63) is 15.9 Å². The van der Waals surface area contributed by atoms with Gasteiger partial charge in [0.25, 0.3) is 0 Å². The van der Waals surface area contributed by atoms with Crippen LogP contribution in [0.1, 0.15) is 52.4 Å². The van der Waals surface area contributed by atoms with Gasteiger partial charge in [0.05, 0.1) is 15.9 Å². The van der Waals surface area contributed by atoms with E-state index >= 15 is 0 Å². The van der Waals surface area contributed by atoms with E-state index in [1.807, 2.05) is 0 Å². The van der Waals surface area contributed by atoms with Crippen LogP contribution in [0.3, 0.4) is 0 Å². The zero-order valence-electron chi connectivity index (χ0n) is 13.2. The standard InChI is InChI=1S/C15H28BrN3/c1-7-13-15(16)14(19(8-2)17-13)10-18(6)12(5)9-11(3)4/h11-12H,7-10H2,1-6H3. The maximum absolute atomic E-state index is 4.66. The molecule has 0 bridgehead atoms. The SMILES string of the molecule is CCc1nn(CC)c(CN(C)C(C)CC(C)C)c1Br. The summed E-state index contributed by atoms with van der Waals surface area (Å²) in [6, 6.07) is 0.595. The summed E-state index contributed by atoms with van der Waals surface area (Å²) in [5.74, 6) is 0.739. The number of hydrogen-bond donors (Lipinski definition) is 0. The fourth-order valence-corrected chi connectivity index (χ4v) is 3.11. The molecule has 3 nitrogen and oxygen atoms in total. The molecule has 0 aromatic carbocycles. The monoisotopic (exact) mass is 329 g/mol. The molecule has 110 valence electrons. The molecule has 0 spiro atoms. The van der Waals surface area contributed by atoms with Crippen molar-refractivity contribution in [3.63, 3.8) is 0 Å². The molecule has 4 heteroatoms. The number of aromatic nitrogens is 2. The Morgan fingerprint density at radius 3 is 2.37 bits per heavy atom. The molecular formula is C15H28BrN3. The first-order valence-electron chi connectivity index (χ1n) is 7.34. The van der Waals surface area contributed by atoms with E-state index < -0.39 is 0 Å². The van der Waals surface area contributed by atoms with E-state index in [4.69, 9.17) is 0 Å². The lowest BCUT2D eigenvalue weighted by atomic mass is 10.0. The van der Waals surface area contributed by atoms with E-state index in [1.165, 1.54) is 22.3 Å². The number of hydrogen-bond acceptors (Lipinski definition) is 2. The molecule has 0 aliphatic heterocycles. The third-order valence-electron chi connectivity index (χ3n) is 3.66. The Kier molecular flexibility index (Phi) is 6.54. The van der Waals surface area contributed by atoms with Crippen LogP contribution in [0.15, 0.2) is 4.47 Å². The lowest BCUT2D eigenvalue weighted by Gasteiger charge is -2.26. The van der Waals surface area contributed by atoms with Crippen LogP contribution < -0.4 is 0 Å². The summed E-state index contributed by atoms with van der Waals surface area (Å²) in [4.78, 5) is 2.42. The van der Waals surface area contributed by atoms with Crippen molar-refractivity contribution in [3.8, 4) is 0 Å². The molecule has 0 fully saturated rings. The van der Waals surface area contributed by atoms with Crippen LogP contribution in [0.4, 0.5) is 0 Å². The minimum absolute atomic E-state index is 0.595. The molecule has 0 saturated heterocycles. The highest BCUT2D eigenvalue weighted by atomic mass is 79.9. The van der Waals surface area contributed by atoms with Crippen LogP contribution >= 0.6 is 15.9 Å². The third kappa shape index (κ3) is 4.32. The normalized spacial score (nSPS) is 13.5. The Labute approximate surface area is 126 Å². The third-order valence-corrected chi connectivity index (χ3v) is 4.57. The molecule has 1 atom stereocenters. The van der Waals surface area contributed by atoms with Gasteiger partial charge in [-0.2, -0.15) is 5.10 Å². The van der Waals surface area contributed by atoms with Gasteiger partial charge in [-0.3, -0.25) is 9.58 Å².